The number of rotatable bonds is 4. The van der Waals surface area contributed by atoms with Crippen LogP contribution in [0, 0.1) is 0 Å². The lowest BCUT2D eigenvalue weighted by atomic mass is 9.72. The van der Waals surface area contributed by atoms with Crippen LogP contribution >= 0.6 is 0 Å². The fourth-order valence-corrected chi connectivity index (χ4v) is 2.32. The van der Waals surface area contributed by atoms with Gasteiger partial charge in [-0.2, -0.15) is 26.3 Å². The average molecular weight is 412 g/mol. The van der Waals surface area contributed by atoms with E-state index in [1.54, 1.807) is 0 Å². The van der Waals surface area contributed by atoms with Crippen LogP contribution in [0.15, 0.2) is 60.4 Å². The Labute approximate surface area is 161 Å². The molecule has 0 aliphatic heterocycles. The number of phenolic OH excluding ortho intramolecular Hbond substituents is 1. The molecule has 0 radical (unpaired) electrons. The summed E-state index contributed by atoms with van der Waals surface area (Å²) in [5.74, 6) is -1.17. The summed E-state index contributed by atoms with van der Waals surface area (Å²) < 4.78 is 82.1. The summed E-state index contributed by atoms with van der Waals surface area (Å²) in [4.78, 5) is 0. The molecule has 2 N–H and O–H groups in total. The Bertz CT molecular complexity index is 639. The zero-order chi connectivity index (χ0) is 22.8. The van der Waals surface area contributed by atoms with E-state index < -0.39 is 40.4 Å². The van der Waals surface area contributed by atoms with E-state index in [-0.39, 0.29) is 0 Å². The smallest absolute Gasteiger partial charge is 0.411 e. The Morgan fingerprint density at radius 2 is 1.25 bits per heavy atom. The molecule has 0 spiro atoms. The highest BCUT2D eigenvalue weighted by Crippen LogP contribution is 2.56. The maximum atomic E-state index is 13.7. The van der Waals surface area contributed by atoms with Crippen LogP contribution in [0.5, 0.6) is 5.75 Å². The minimum absolute atomic E-state index is 0.474. The molecule has 8 heteroatoms. The first kappa shape index (κ1) is 27.8. The van der Waals surface area contributed by atoms with E-state index in [1.165, 1.54) is 0 Å². The van der Waals surface area contributed by atoms with Crippen LogP contribution in [0.4, 0.5) is 26.3 Å². The van der Waals surface area contributed by atoms with E-state index in [1.807, 2.05) is 27.7 Å². The number of allylic oxidation sites excluding steroid dienone is 4. The van der Waals surface area contributed by atoms with Crippen molar-refractivity contribution in [1.82, 2.24) is 0 Å². The number of aromatic hydroxyl groups is 1. The molecule has 0 aliphatic carbocycles. The highest BCUT2D eigenvalue weighted by Gasteiger charge is 2.72. The summed E-state index contributed by atoms with van der Waals surface area (Å²) in [5.41, 5.74) is -6.57. The number of aliphatic hydroxyl groups is 1. The SMILES string of the molecule is C=C(O)/C=C\C(=C/C)C(c1ccc(O)cc1)(C(F)(F)F)C(F)(F)F.CC.CC. The number of hydrogen-bond acceptors (Lipinski definition) is 2. The van der Waals surface area contributed by atoms with Gasteiger partial charge in [0.15, 0.2) is 0 Å². The first-order valence-corrected chi connectivity index (χ1v) is 8.53. The topological polar surface area (TPSA) is 40.5 Å². The molecular formula is C20H26F6O2. The van der Waals surface area contributed by atoms with Gasteiger partial charge in [0.25, 0.3) is 0 Å². The van der Waals surface area contributed by atoms with Crippen LogP contribution in [0.2, 0.25) is 0 Å². The largest absolute Gasteiger partial charge is 0.509 e. The zero-order valence-corrected chi connectivity index (χ0v) is 16.4. The second kappa shape index (κ2) is 11.5. The summed E-state index contributed by atoms with van der Waals surface area (Å²) >= 11 is 0. The molecule has 0 saturated heterocycles. The predicted molar refractivity (Wildman–Crippen MR) is 99.3 cm³/mol. The van der Waals surface area contributed by atoms with Gasteiger partial charge in [-0.3, -0.25) is 0 Å². The van der Waals surface area contributed by atoms with Gasteiger partial charge in [-0.1, -0.05) is 58.6 Å². The van der Waals surface area contributed by atoms with E-state index in [4.69, 9.17) is 10.2 Å². The van der Waals surface area contributed by atoms with Crippen LogP contribution in [-0.2, 0) is 5.41 Å². The Morgan fingerprint density at radius 3 is 1.54 bits per heavy atom. The Morgan fingerprint density at radius 1 is 0.857 bits per heavy atom. The average Bonchev–Trinajstić information content (AvgIpc) is 2.60. The van der Waals surface area contributed by atoms with Crippen LogP contribution in [-0.4, -0.2) is 22.6 Å². The van der Waals surface area contributed by atoms with Crippen molar-refractivity contribution in [2.24, 2.45) is 0 Å². The highest BCUT2D eigenvalue weighted by molar-refractivity contribution is 5.48. The van der Waals surface area contributed by atoms with Crippen molar-refractivity contribution < 1.29 is 36.6 Å². The Kier molecular flexibility index (Phi) is 11.4. The van der Waals surface area contributed by atoms with Gasteiger partial charge in [0.2, 0.25) is 5.41 Å². The summed E-state index contributed by atoms with van der Waals surface area (Å²) in [6.07, 6.45) is -9.65. The third-order valence-corrected chi connectivity index (χ3v) is 3.35. The van der Waals surface area contributed by atoms with Crippen molar-refractivity contribution in [3.8, 4) is 5.75 Å². The van der Waals surface area contributed by atoms with Gasteiger partial charge in [-0.05, 0) is 36.3 Å². The molecule has 0 fully saturated rings. The maximum Gasteiger partial charge on any atom is 0.411 e. The van der Waals surface area contributed by atoms with Crippen LogP contribution in [0.3, 0.4) is 0 Å². The van der Waals surface area contributed by atoms with Gasteiger partial charge in [0, 0.05) is 0 Å². The van der Waals surface area contributed by atoms with Crippen LogP contribution < -0.4 is 0 Å². The number of hydrogen-bond donors (Lipinski definition) is 2. The molecular weight excluding hydrogens is 386 g/mol. The predicted octanol–water partition coefficient (Wildman–Crippen LogP) is 7.38. The fourth-order valence-electron chi connectivity index (χ4n) is 2.32. The van der Waals surface area contributed by atoms with Gasteiger partial charge in [0.05, 0.1) is 0 Å². The molecule has 0 amide bonds. The Hall–Kier alpha value is -2.38. The summed E-state index contributed by atoms with van der Waals surface area (Å²) in [5, 5.41) is 18.1. The van der Waals surface area contributed by atoms with Crippen LogP contribution in [0.25, 0.3) is 0 Å². The lowest BCUT2D eigenvalue weighted by molar-refractivity contribution is -0.289. The molecule has 28 heavy (non-hydrogen) atoms. The lowest BCUT2D eigenvalue weighted by Crippen LogP contribution is -2.55. The number of aliphatic hydroxyl groups excluding tert-OH is 1. The first-order valence-electron chi connectivity index (χ1n) is 8.53. The van der Waals surface area contributed by atoms with Crippen LogP contribution in [0.1, 0.15) is 40.2 Å². The second-order valence-corrected chi connectivity index (χ2v) is 4.86. The van der Waals surface area contributed by atoms with Crippen molar-refractivity contribution in [2.75, 3.05) is 0 Å². The number of phenols is 1. The fraction of sp³-hybridized carbons (Fsp3) is 0.400. The third-order valence-electron chi connectivity index (χ3n) is 3.35. The van der Waals surface area contributed by atoms with Gasteiger partial charge in [-0.25, -0.2) is 0 Å². The van der Waals surface area contributed by atoms with Crippen molar-refractivity contribution in [2.45, 2.75) is 52.4 Å². The van der Waals surface area contributed by atoms with E-state index >= 15 is 0 Å². The lowest BCUT2D eigenvalue weighted by Gasteiger charge is -2.39. The molecule has 1 rings (SSSR count). The van der Waals surface area contributed by atoms with E-state index in [0.717, 1.165) is 19.1 Å². The minimum Gasteiger partial charge on any atom is -0.509 e. The first-order chi connectivity index (χ1) is 12.9. The number of halogens is 6. The standard InChI is InChI=1S/C16H14F6O2.2C2H6/c1-3-11(5-4-10(2)23)14(15(17,18)19,16(20,21)22)12-6-8-13(24)9-7-12;2*1-2/h3-9,23-24H,2H2,1H3;2*1-2H3/b5-4-,11-3+;;. The normalized spacial score (nSPS) is 12.6. The van der Waals surface area contributed by atoms with Crippen molar-refractivity contribution in [1.29, 1.82) is 0 Å². The van der Waals surface area contributed by atoms with E-state index in [0.29, 0.717) is 30.4 Å². The zero-order valence-electron chi connectivity index (χ0n) is 16.4. The highest BCUT2D eigenvalue weighted by atomic mass is 19.4. The Balaban J connectivity index is 0. The van der Waals surface area contributed by atoms with Gasteiger partial charge >= 0.3 is 12.4 Å². The monoisotopic (exact) mass is 412 g/mol. The molecule has 0 aliphatic rings. The molecule has 0 unspecified atom stereocenters. The molecule has 0 heterocycles. The van der Waals surface area contributed by atoms with Crippen molar-refractivity contribution in [3.63, 3.8) is 0 Å². The second-order valence-electron chi connectivity index (χ2n) is 4.86. The molecule has 0 atom stereocenters. The van der Waals surface area contributed by atoms with E-state index in [9.17, 15) is 26.3 Å². The quantitative estimate of drug-likeness (QED) is 0.308. The van der Waals surface area contributed by atoms with Crippen molar-refractivity contribution >= 4 is 0 Å². The van der Waals surface area contributed by atoms with Gasteiger partial charge < -0.3 is 10.2 Å². The van der Waals surface area contributed by atoms with E-state index in [2.05, 4.69) is 6.58 Å². The molecule has 0 bridgehead atoms. The molecule has 160 valence electrons. The summed E-state index contributed by atoms with van der Waals surface area (Å²) in [6.45, 7) is 12.0. The summed E-state index contributed by atoms with van der Waals surface area (Å²) in [6, 6.07) is 2.59. The molecule has 1 aromatic carbocycles. The summed E-state index contributed by atoms with van der Waals surface area (Å²) in [7, 11) is 0. The molecule has 0 saturated carbocycles. The third kappa shape index (κ3) is 6.07. The molecule has 0 aromatic heterocycles. The minimum atomic E-state index is -5.73. The van der Waals surface area contributed by atoms with Gasteiger partial charge in [0.1, 0.15) is 11.5 Å². The number of alkyl halides is 6. The molecule has 2 nitrogen and oxygen atoms in total. The number of benzene rings is 1. The maximum absolute atomic E-state index is 13.7. The van der Waals surface area contributed by atoms with Crippen molar-refractivity contribution in [3.05, 3.63) is 66.0 Å². The molecule has 1 aromatic rings. The van der Waals surface area contributed by atoms with Gasteiger partial charge in [-0.15, -0.1) is 0 Å².